The highest BCUT2D eigenvalue weighted by Crippen LogP contribution is 2.28. The molecule has 28 heavy (non-hydrogen) atoms. The van der Waals surface area contributed by atoms with Gasteiger partial charge in [0.1, 0.15) is 23.9 Å². The van der Waals surface area contributed by atoms with Crippen molar-refractivity contribution in [3.05, 3.63) is 53.8 Å². The van der Waals surface area contributed by atoms with Crippen LogP contribution in [0.15, 0.2) is 42.5 Å². The zero-order valence-corrected chi connectivity index (χ0v) is 15.3. The van der Waals surface area contributed by atoms with E-state index in [9.17, 15) is 18.8 Å². The number of rotatable bonds is 8. The summed E-state index contributed by atoms with van der Waals surface area (Å²) in [7, 11) is 2.93. The van der Waals surface area contributed by atoms with Crippen molar-refractivity contribution in [3.8, 4) is 11.5 Å². The van der Waals surface area contributed by atoms with Crippen molar-refractivity contribution in [1.82, 2.24) is 5.32 Å². The largest absolute Gasteiger partial charge is 0.497 e. The monoisotopic (exact) mass is 390 g/mol. The normalized spacial score (nSPS) is 9.96. The summed E-state index contributed by atoms with van der Waals surface area (Å²) in [6.45, 7) is -1.07. The Morgan fingerprint density at radius 1 is 1.04 bits per heavy atom. The van der Waals surface area contributed by atoms with Crippen molar-refractivity contribution in [2.24, 2.45) is 0 Å². The fraction of sp³-hybridized carbons (Fsp3) is 0.211. The van der Waals surface area contributed by atoms with Crippen molar-refractivity contribution in [3.63, 3.8) is 0 Å². The molecule has 0 radical (unpaired) electrons. The highest BCUT2D eigenvalue weighted by atomic mass is 19.1. The van der Waals surface area contributed by atoms with E-state index in [4.69, 9.17) is 14.2 Å². The first-order valence-electron chi connectivity index (χ1n) is 8.14. The molecular weight excluding hydrogens is 371 g/mol. The number of carbonyl (C=O) groups is 3. The maximum Gasteiger partial charge on any atom is 0.325 e. The van der Waals surface area contributed by atoms with Gasteiger partial charge >= 0.3 is 5.97 Å². The molecule has 0 aliphatic carbocycles. The van der Waals surface area contributed by atoms with Gasteiger partial charge in [0.2, 0.25) is 0 Å². The molecule has 0 atom stereocenters. The molecule has 2 aromatic carbocycles. The van der Waals surface area contributed by atoms with Crippen LogP contribution in [0.3, 0.4) is 0 Å². The number of halogens is 1. The SMILES string of the molecule is COc1ccc(NC(=O)COC(=O)CNC(=O)c2ccccc2F)c(OC)c1. The lowest BCUT2D eigenvalue weighted by Crippen LogP contribution is -2.32. The molecule has 2 aromatic rings. The molecular formula is C19H19FN2O6. The molecule has 2 rings (SSSR count). The van der Waals surface area contributed by atoms with Crippen LogP contribution in [0, 0.1) is 5.82 Å². The Hall–Kier alpha value is -3.62. The fourth-order valence-electron chi connectivity index (χ4n) is 2.18. The predicted molar refractivity (Wildman–Crippen MR) is 97.9 cm³/mol. The molecule has 148 valence electrons. The zero-order valence-electron chi connectivity index (χ0n) is 15.3. The second-order valence-corrected chi connectivity index (χ2v) is 5.44. The summed E-state index contributed by atoms with van der Waals surface area (Å²) < 4.78 is 28.5. The van der Waals surface area contributed by atoms with Gasteiger partial charge in [-0.2, -0.15) is 0 Å². The number of carbonyl (C=O) groups excluding carboxylic acids is 3. The summed E-state index contributed by atoms with van der Waals surface area (Å²) in [5.74, 6) is -1.99. The topological polar surface area (TPSA) is 103 Å². The number of benzene rings is 2. The van der Waals surface area contributed by atoms with Gasteiger partial charge in [-0.3, -0.25) is 14.4 Å². The lowest BCUT2D eigenvalue weighted by molar-refractivity contribution is -0.146. The number of hydrogen-bond acceptors (Lipinski definition) is 6. The zero-order chi connectivity index (χ0) is 20.5. The van der Waals surface area contributed by atoms with E-state index in [1.54, 1.807) is 18.2 Å². The first-order chi connectivity index (χ1) is 13.4. The Morgan fingerprint density at radius 2 is 1.79 bits per heavy atom. The molecule has 0 aromatic heterocycles. The Morgan fingerprint density at radius 3 is 2.46 bits per heavy atom. The van der Waals surface area contributed by atoms with Crippen LogP contribution in [-0.4, -0.2) is 45.2 Å². The van der Waals surface area contributed by atoms with Crippen molar-refractivity contribution in [2.45, 2.75) is 0 Å². The number of methoxy groups -OCH3 is 2. The van der Waals surface area contributed by atoms with Gasteiger partial charge in [0, 0.05) is 6.07 Å². The summed E-state index contributed by atoms with van der Waals surface area (Å²) >= 11 is 0. The van der Waals surface area contributed by atoms with Crippen LogP contribution in [0.2, 0.25) is 0 Å². The average molecular weight is 390 g/mol. The van der Waals surface area contributed by atoms with Gasteiger partial charge in [0.05, 0.1) is 25.5 Å². The van der Waals surface area contributed by atoms with Gasteiger partial charge in [-0.1, -0.05) is 12.1 Å². The van der Waals surface area contributed by atoms with Crippen molar-refractivity contribution < 1.29 is 33.0 Å². The van der Waals surface area contributed by atoms with E-state index < -0.39 is 36.8 Å². The number of amides is 2. The van der Waals surface area contributed by atoms with Gasteiger partial charge in [0.25, 0.3) is 11.8 Å². The standard InChI is InChI=1S/C19H19FN2O6/c1-26-12-7-8-15(16(9-12)27-2)22-17(23)11-28-18(24)10-21-19(25)13-5-3-4-6-14(13)20/h3-9H,10-11H2,1-2H3,(H,21,25)(H,22,23). The maximum atomic E-state index is 13.5. The van der Waals surface area contributed by atoms with Crippen LogP contribution in [0.4, 0.5) is 10.1 Å². The van der Waals surface area contributed by atoms with E-state index in [-0.39, 0.29) is 5.56 Å². The highest BCUT2D eigenvalue weighted by Gasteiger charge is 2.14. The highest BCUT2D eigenvalue weighted by molar-refractivity contribution is 5.97. The molecule has 0 aliphatic rings. The first kappa shape index (κ1) is 20.7. The average Bonchev–Trinajstić information content (AvgIpc) is 2.71. The molecule has 2 N–H and O–H groups in total. The number of nitrogens with one attached hydrogen (secondary N) is 2. The number of hydrogen-bond donors (Lipinski definition) is 2. The van der Waals surface area contributed by atoms with Crippen LogP contribution >= 0.6 is 0 Å². The van der Waals surface area contributed by atoms with E-state index >= 15 is 0 Å². The first-order valence-corrected chi connectivity index (χ1v) is 8.14. The summed E-state index contributed by atoms with van der Waals surface area (Å²) in [4.78, 5) is 35.4. The van der Waals surface area contributed by atoms with Crippen molar-refractivity contribution in [2.75, 3.05) is 32.7 Å². The number of esters is 1. The van der Waals surface area contributed by atoms with Gasteiger partial charge in [-0.15, -0.1) is 0 Å². The molecule has 0 unspecified atom stereocenters. The predicted octanol–water partition coefficient (Wildman–Crippen LogP) is 1.75. The quantitative estimate of drug-likeness (QED) is 0.666. The molecule has 0 aliphatic heterocycles. The second-order valence-electron chi connectivity index (χ2n) is 5.44. The minimum atomic E-state index is -0.846. The van der Waals surface area contributed by atoms with Crippen LogP contribution in [0.5, 0.6) is 11.5 Å². The third-order valence-electron chi connectivity index (χ3n) is 3.56. The van der Waals surface area contributed by atoms with Crippen molar-refractivity contribution >= 4 is 23.5 Å². The van der Waals surface area contributed by atoms with Crippen molar-refractivity contribution in [1.29, 1.82) is 0 Å². The Labute approximate surface area is 160 Å². The third kappa shape index (κ3) is 5.70. The summed E-state index contributed by atoms with van der Waals surface area (Å²) in [5, 5.41) is 4.76. The maximum absolute atomic E-state index is 13.5. The number of ether oxygens (including phenoxy) is 3. The molecule has 0 spiro atoms. The number of anilines is 1. The van der Waals surface area contributed by atoms with E-state index in [1.165, 1.54) is 32.4 Å². The van der Waals surface area contributed by atoms with E-state index in [0.717, 1.165) is 6.07 Å². The van der Waals surface area contributed by atoms with Crippen LogP contribution < -0.4 is 20.1 Å². The Bertz CT molecular complexity index is 871. The summed E-state index contributed by atoms with van der Waals surface area (Å²) in [5.41, 5.74) is 0.178. The van der Waals surface area contributed by atoms with Gasteiger partial charge in [-0.25, -0.2) is 4.39 Å². The molecule has 0 saturated carbocycles. The molecule has 2 amide bonds. The molecule has 9 heteroatoms. The Kier molecular flexibility index (Phi) is 7.32. The van der Waals surface area contributed by atoms with Crippen LogP contribution in [-0.2, 0) is 14.3 Å². The van der Waals surface area contributed by atoms with Gasteiger partial charge < -0.3 is 24.8 Å². The van der Waals surface area contributed by atoms with Crippen LogP contribution in [0.1, 0.15) is 10.4 Å². The van der Waals surface area contributed by atoms with E-state index in [2.05, 4.69) is 10.6 Å². The Balaban J connectivity index is 1.80. The summed E-state index contributed by atoms with van der Waals surface area (Å²) in [6.07, 6.45) is 0. The minimum absolute atomic E-state index is 0.195. The lowest BCUT2D eigenvalue weighted by atomic mass is 10.2. The molecule has 0 bridgehead atoms. The van der Waals surface area contributed by atoms with Gasteiger partial charge in [-0.05, 0) is 24.3 Å². The van der Waals surface area contributed by atoms with E-state index in [0.29, 0.717) is 17.2 Å². The molecule has 0 heterocycles. The molecule has 0 fully saturated rings. The van der Waals surface area contributed by atoms with E-state index in [1.807, 2.05) is 0 Å². The fourth-order valence-corrected chi connectivity index (χ4v) is 2.18. The second kappa shape index (κ2) is 9.91. The summed E-state index contributed by atoms with van der Waals surface area (Å²) in [6, 6.07) is 10.1. The third-order valence-corrected chi connectivity index (χ3v) is 3.56. The van der Waals surface area contributed by atoms with Gasteiger partial charge in [0.15, 0.2) is 6.61 Å². The van der Waals surface area contributed by atoms with Crippen LogP contribution in [0.25, 0.3) is 0 Å². The lowest BCUT2D eigenvalue weighted by Gasteiger charge is -2.12. The molecule has 8 nitrogen and oxygen atoms in total. The smallest absolute Gasteiger partial charge is 0.325 e. The molecule has 0 saturated heterocycles. The minimum Gasteiger partial charge on any atom is -0.497 e.